The van der Waals surface area contributed by atoms with E-state index in [2.05, 4.69) is 32.7 Å². The molecule has 0 atom stereocenters. The quantitative estimate of drug-likeness (QED) is 0.651. The van der Waals surface area contributed by atoms with E-state index in [-0.39, 0.29) is 12.4 Å². The van der Waals surface area contributed by atoms with E-state index >= 15 is 0 Å². The van der Waals surface area contributed by atoms with E-state index in [1.807, 2.05) is 0 Å². The first-order valence-corrected chi connectivity index (χ1v) is 10.3. The van der Waals surface area contributed by atoms with Crippen molar-refractivity contribution in [1.82, 2.24) is 18.7 Å². The molecule has 4 nitrogen and oxygen atoms in total. The molecule has 0 N–H and O–H groups in total. The second kappa shape index (κ2) is 7.90. The highest BCUT2D eigenvalue weighted by atomic mass is 35.5. The van der Waals surface area contributed by atoms with Gasteiger partial charge in [-0.1, -0.05) is 0 Å². The van der Waals surface area contributed by atoms with Crippen LogP contribution in [-0.2, 0) is 0 Å². The molecule has 3 saturated heterocycles. The van der Waals surface area contributed by atoms with Gasteiger partial charge in [-0.05, 0) is 45.4 Å². The van der Waals surface area contributed by atoms with Crippen LogP contribution in [0.4, 0.5) is 0 Å². The Hall–Kier alpha value is 0.560. The van der Waals surface area contributed by atoms with Crippen molar-refractivity contribution >= 4 is 7.87 Å². The average molecular weight is 335 g/mol. The molecule has 0 aliphatic carbocycles. The minimum atomic E-state index is -1.40. The molecule has 0 aromatic rings. The Morgan fingerprint density at radius 2 is 1.00 bits per heavy atom. The van der Waals surface area contributed by atoms with Crippen LogP contribution >= 0.6 is 7.87 Å². The lowest BCUT2D eigenvalue weighted by molar-refractivity contribution is -0.00000462. The van der Waals surface area contributed by atoms with Gasteiger partial charge in [-0.15, -0.1) is 18.7 Å². The number of rotatable bonds is 5. The van der Waals surface area contributed by atoms with Crippen LogP contribution < -0.4 is 12.4 Å². The van der Waals surface area contributed by atoms with Gasteiger partial charge in [0.2, 0.25) is 0 Å². The summed E-state index contributed by atoms with van der Waals surface area (Å²) in [5.74, 6) is 0. The zero-order chi connectivity index (χ0) is 14.0. The minimum Gasteiger partial charge on any atom is -1.00 e. The summed E-state index contributed by atoms with van der Waals surface area (Å²) in [6, 6.07) is 0. The van der Waals surface area contributed by atoms with Crippen molar-refractivity contribution in [2.24, 2.45) is 0 Å². The highest BCUT2D eigenvalue weighted by molar-refractivity contribution is 7.66. The fourth-order valence-corrected chi connectivity index (χ4v) is 9.49. The second-order valence-electron chi connectivity index (χ2n) is 6.49. The predicted octanol–water partition coefficient (Wildman–Crippen LogP) is -0.0929. The van der Waals surface area contributed by atoms with Crippen LogP contribution in [0.1, 0.15) is 45.4 Å². The first kappa shape index (κ1) is 17.9. The molecule has 0 aromatic heterocycles. The number of hydrogen-bond donors (Lipinski definition) is 0. The molecule has 3 aliphatic rings. The molecule has 124 valence electrons. The molecule has 0 bridgehead atoms. The van der Waals surface area contributed by atoms with Gasteiger partial charge in [0.25, 0.3) is 0 Å². The first-order chi connectivity index (χ1) is 9.80. The highest BCUT2D eigenvalue weighted by Gasteiger charge is 2.61. The monoisotopic (exact) mass is 334 g/mol. The maximum absolute atomic E-state index is 2.90. The van der Waals surface area contributed by atoms with Crippen molar-refractivity contribution < 1.29 is 12.4 Å². The Balaban J connectivity index is 0.00000161. The molecule has 0 radical (unpaired) electrons. The van der Waals surface area contributed by atoms with Crippen molar-refractivity contribution in [3.8, 4) is 0 Å². The summed E-state index contributed by atoms with van der Waals surface area (Å²) in [6.07, 6.45) is 8.42. The molecule has 3 heterocycles. The van der Waals surface area contributed by atoms with Crippen LogP contribution in [0.15, 0.2) is 0 Å². The lowest BCUT2D eigenvalue weighted by Crippen LogP contribution is -3.00. The van der Waals surface area contributed by atoms with Crippen LogP contribution in [0.2, 0.25) is 0 Å². The molecular formula is C15H32ClN4P. The standard InChI is InChI=1S/C15H32N4P.ClH/c1-3-16(2)20(17-10-4-5-11-17,18-12-6-7-13-18)19-14-8-9-15-19;/h3-15H2,1-2H3;1H/q+1;/p-1. The van der Waals surface area contributed by atoms with Crippen molar-refractivity contribution in [2.45, 2.75) is 45.4 Å². The number of hydrogen-bond acceptors (Lipinski definition) is 4. The lowest BCUT2D eigenvalue weighted by Gasteiger charge is -2.47. The summed E-state index contributed by atoms with van der Waals surface area (Å²) >= 11 is 0. The van der Waals surface area contributed by atoms with E-state index < -0.39 is 7.87 Å². The van der Waals surface area contributed by atoms with E-state index in [0.29, 0.717) is 0 Å². The van der Waals surface area contributed by atoms with E-state index in [9.17, 15) is 0 Å². The molecule has 3 fully saturated rings. The zero-order valence-corrected chi connectivity index (χ0v) is 15.5. The summed E-state index contributed by atoms with van der Waals surface area (Å²) in [5.41, 5.74) is 0. The Morgan fingerprint density at radius 3 is 1.24 bits per heavy atom. The fourth-order valence-electron chi connectivity index (χ4n) is 4.28. The van der Waals surface area contributed by atoms with E-state index in [0.717, 1.165) is 0 Å². The third-order valence-corrected chi connectivity index (χ3v) is 9.98. The molecule has 3 aliphatic heterocycles. The molecule has 0 amide bonds. The van der Waals surface area contributed by atoms with Crippen LogP contribution in [-0.4, -0.2) is 71.5 Å². The summed E-state index contributed by atoms with van der Waals surface area (Å²) in [6.45, 7) is 11.5. The summed E-state index contributed by atoms with van der Waals surface area (Å²) in [7, 11) is 0.995. The van der Waals surface area contributed by atoms with Gasteiger partial charge in [-0.25, -0.2) is 0 Å². The Bertz CT molecular complexity index is 272. The van der Waals surface area contributed by atoms with E-state index in [4.69, 9.17) is 0 Å². The summed E-state index contributed by atoms with van der Waals surface area (Å²) in [5, 5.41) is 0. The zero-order valence-electron chi connectivity index (χ0n) is 13.8. The third kappa shape index (κ3) is 3.13. The smallest absolute Gasteiger partial charge is 0.308 e. The predicted molar refractivity (Wildman–Crippen MR) is 87.6 cm³/mol. The average Bonchev–Trinajstić information content (AvgIpc) is 3.23. The van der Waals surface area contributed by atoms with E-state index in [1.165, 1.54) is 84.3 Å². The van der Waals surface area contributed by atoms with Crippen molar-refractivity contribution in [3.05, 3.63) is 0 Å². The topological polar surface area (TPSA) is 13.0 Å². The van der Waals surface area contributed by atoms with Crippen molar-refractivity contribution in [2.75, 3.05) is 52.9 Å². The van der Waals surface area contributed by atoms with Crippen LogP contribution in [0, 0.1) is 0 Å². The first-order valence-electron chi connectivity index (χ1n) is 8.67. The SMILES string of the molecule is CCN(C)[P+](N1CCCC1)(N1CCCC1)N1CCCC1.[Cl-]. The Morgan fingerprint density at radius 1 is 0.714 bits per heavy atom. The summed E-state index contributed by atoms with van der Waals surface area (Å²) in [4.78, 5) is 0. The molecular weight excluding hydrogens is 303 g/mol. The highest BCUT2D eigenvalue weighted by Crippen LogP contribution is 2.71. The summed E-state index contributed by atoms with van der Waals surface area (Å²) < 4.78 is 11.4. The van der Waals surface area contributed by atoms with Crippen LogP contribution in [0.25, 0.3) is 0 Å². The molecule has 6 heteroatoms. The maximum atomic E-state index is 2.90. The molecule has 0 aromatic carbocycles. The number of nitrogens with zero attached hydrogens (tertiary/aromatic N) is 4. The van der Waals surface area contributed by atoms with Gasteiger partial charge < -0.3 is 12.4 Å². The van der Waals surface area contributed by atoms with Gasteiger partial charge in [-0.2, -0.15) is 0 Å². The fraction of sp³-hybridized carbons (Fsp3) is 1.00. The number of halogens is 1. The Kier molecular flexibility index (Phi) is 6.73. The molecule has 0 unspecified atom stereocenters. The molecule has 21 heavy (non-hydrogen) atoms. The van der Waals surface area contributed by atoms with Gasteiger partial charge >= 0.3 is 7.87 Å². The second-order valence-corrected chi connectivity index (χ2v) is 9.95. The third-order valence-electron chi connectivity index (χ3n) is 5.30. The van der Waals surface area contributed by atoms with E-state index in [1.54, 1.807) is 0 Å². The van der Waals surface area contributed by atoms with Crippen LogP contribution in [0.3, 0.4) is 0 Å². The van der Waals surface area contributed by atoms with Crippen molar-refractivity contribution in [1.29, 1.82) is 0 Å². The lowest BCUT2D eigenvalue weighted by atomic mass is 10.4. The maximum Gasteiger partial charge on any atom is 0.308 e. The molecule has 3 rings (SSSR count). The normalized spacial score (nSPS) is 25.9. The van der Waals surface area contributed by atoms with Gasteiger partial charge in [0.15, 0.2) is 0 Å². The Labute approximate surface area is 137 Å². The molecule has 0 spiro atoms. The molecule has 0 saturated carbocycles. The largest absolute Gasteiger partial charge is 1.00 e. The van der Waals surface area contributed by atoms with Gasteiger partial charge in [0.05, 0.1) is 0 Å². The van der Waals surface area contributed by atoms with Gasteiger partial charge in [0.1, 0.15) is 0 Å². The van der Waals surface area contributed by atoms with Crippen molar-refractivity contribution in [3.63, 3.8) is 0 Å². The minimum absolute atomic E-state index is 0. The van der Waals surface area contributed by atoms with Crippen LogP contribution in [0.5, 0.6) is 0 Å². The van der Waals surface area contributed by atoms with Gasteiger partial charge in [-0.3, -0.25) is 0 Å². The van der Waals surface area contributed by atoms with Gasteiger partial charge in [0, 0.05) is 52.9 Å².